The maximum absolute atomic E-state index is 4.46. The van der Waals surface area contributed by atoms with Crippen LogP contribution in [-0.4, -0.2) is 4.98 Å². The quantitative estimate of drug-likeness (QED) is 0.754. The highest BCUT2D eigenvalue weighted by Gasteiger charge is 2.04. The van der Waals surface area contributed by atoms with Crippen LogP contribution in [0, 0.1) is 0 Å². The van der Waals surface area contributed by atoms with Gasteiger partial charge in [0, 0.05) is 18.3 Å². The zero-order valence-corrected chi connectivity index (χ0v) is 11.2. The van der Waals surface area contributed by atoms with Crippen LogP contribution >= 0.6 is 0 Å². The maximum Gasteiger partial charge on any atom is 0.134 e. The van der Waals surface area contributed by atoms with Gasteiger partial charge in [0.15, 0.2) is 0 Å². The van der Waals surface area contributed by atoms with Gasteiger partial charge in [0.2, 0.25) is 0 Å². The molecule has 20 heavy (non-hydrogen) atoms. The van der Waals surface area contributed by atoms with Gasteiger partial charge in [-0.2, -0.15) is 0 Å². The van der Waals surface area contributed by atoms with Crippen molar-refractivity contribution in [2.75, 3.05) is 5.32 Å². The van der Waals surface area contributed by atoms with E-state index in [4.69, 9.17) is 0 Å². The van der Waals surface area contributed by atoms with Crippen molar-refractivity contribution in [3.05, 3.63) is 84.6 Å². The minimum absolute atomic E-state index is 0.775. The summed E-state index contributed by atoms with van der Waals surface area (Å²) in [6.07, 6.45) is 1.82. The molecule has 2 nitrogen and oxygen atoms in total. The predicted octanol–water partition coefficient (Wildman–Crippen LogP) is 4.36. The second-order valence-electron chi connectivity index (χ2n) is 4.60. The molecule has 1 aromatic heterocycles. The molecule has 0 spiro atoms. The third-order valence-electron chi connectivity index (χ3n) is 3.20. The molecule has 3 rings (SSSR count). The molecular formula is C18H16N2. The van der Waals surface area contributed by atoms with Crippen LogP contribution in [0.1, 0.15) is 5.56 Å². The van der Waals surface area contributed by atoms with Crippen LogP contribution in [0.2, 0.25) is 0 Å². The smallest absolute Gasteiger partial charge is 0.134 e. The first-order chi connectivity index (χ1) is 9.93. The van der Waals surface area contributed by atoms with Crippen LogP contribution in [0.3, 0.4) is 0 Å². The Bertz CT molecular complexity index is 663. The van der Waals surface area contributed by atoms with E-state index >= 15 is 0 Å². The van der Waals surface area contributed by atoms with Gasteiger partial charge in [-0.05, 0) is 23.3 Å². The SMILES string of the molecule is c1ccc(CNc2ncccc2-c2ccccc2)cc1. The van der Waals surface area contributed by atoms with Crippen molar-refractivity contribution in [3.63, 3.8) is 0 Å². The molecule has 1 N–H and O–H groups in total. The van der Waals surface area contributed by atoms with Crippen molar-refractivity contribution in [3.8, 4) is 11.1 Å². The van der Waals surface area contributed by atoms with Crippen LogP contribution < -0.4 is 5.32 Å². The van der Waals surface area contributed by atoms with E-state index in [1.165, 1.54) is 11.1 Å². The molecule has 98 valence electrons. The number of benzene rings is 2. The highest BCUT2D eigenvalue weighted by atomic mass is 15.0. The summed E-state index contributed by atoms with van der Waals surface area (Å²) in [5, 5.41) is 3.42. The van der Waals surface area contributed by atoms with Crippen LogP contribution in [0.15, 0.2) is 79.0 Å². The Morgan fingerprint density at radius 3 is 2.20 bits per heavy atom. The average Bonchev–Trinajstić information content (AvgIpc) is 2.55. The summed E-state index contributed by atoms with van der Waals surface area (Å²) >= 11 is 0. The first kappa shape index (κ1) is 12.4. The lowest BCUT2D eigenvalue weighted by Crippen LogP contribution is -2.02. The van der Waals surface area contributed by atoms with E-state index < -0.39 is 0 Å². The van der Waals surface area contributed by atoms with Crippen molar-refractivity contribution in [1.29, 1.82) is 0 Å². The molecule has 0 atom stereocenters. The van der Waals surface area contributed by atoms with Gasteiger partial charge in [-0.25, -0.2) is 4.98 Å². The molecule has 0 radical (unpaired) electrons. The molecule has 0 amide bonds. The third-order valence-corrected chi connectivity index (χ3v) is 3.20. The first-order valence-corrected chi connectivity index (χ1v) is 6.72. The number of pyridine rings is 1. The fraction of sp³-hybridized carbons (Fsp3) is 0.0556. The molecule has 0 unspecified atom stereocenters. The number of hydrogen-bond donors (Lipinski definition) is 1. The Kier molecular flexibility index (Phi) is 3.74. The molecule has 0 aliphatic heterocycles. The lowest BCUT2D eigenvalue weighted by molar-refractivity contribution is 1.11. The Balaban J connectivity index is 1.84. The van der Waals surface area contributed by atoms with Gasteiger partial charge < -0.3 is 5.32 Å². The number of rotatable bonds is 4. The largest absolute Gasteiger partial charge is 0.365 e. The zero-order chi connectivity index (χ0) is 13.6. The highest BCUT2D eigenvalue weighted by Crippen LogP contribution is 2.25. The Morgan fingerprint density at radius 2 is 1.45 bits per heavy atom. The third kappa shape index (κ3) is 2.86. The van der Waals surface area contributed by atoms with Gasteiger partial charge in [-0.15, -0.1) is 0 Å². The number of nitrogens with one attached hydrogen (secondary N) is 1. The monoisotopic (exact) mass is 260 g/mol. The molecular weight excluding hydrogens is 244 g/mol. The average molecular weight is 260 g/mol. The Morgan fingerprint density at radius 1 is 0.750 bits per heavy atom. The van der Waals surface area contributed by atoms with Gasteiger partial charge in [0.05, 0.1) is 0 Å². The van der Waals surface area contributed by atoms with Gasteiger partial charge >= 0.3 is 0 Å². The van der Waals surface area contributed by atoms with E-state index in [0.717, 1.165) is 17.9 Å². The molecule has 0 bridgehead atoms. The van der Waals surface area contributed by atoms with Gasteiger partial charge in [0.25, 0.3) is 0 Å². The number of hydrogen-bond acceptors (Lipinski definition) is 2. The number of anilines is 1. The summed E-state index contributed by atoms with van der Waals surface area (Å²) in [6, 6.07) is 24.7. The van der Waals surface area contributed by atoms with E-state index in [9.17, 15) is 0 Å². The van der Waals surface area contributed by atoms with Crippen LogP contribution in [0.5, 0.6) is 0 Å². The molecule has 3 aromatic rings. The first-order valence-electron chi connectivity index (χ1n) is 6.72. The minimum atomic E-state index is 0.775. The zero-order valence-electron chi connectivity index (χ0n) is 11.2. The van der Waals surface area contributed by atoms with E-state index in [1.807, 2.05) is 48.7 Å². The summed E-state index contributed by atoms with van der Waals surface area (Å²) in [7, 11) is 0. The predicted molar refractivity (Wildman–Crippen MR) is 83.4 cm³/mol. The lowest BCUT2D eigenvalue weighted by atomic mass is 10.1. The fourth-order valence-electron chi connectivity index (χ4n) is 2.18. The van der Waals surface area contributed by atoms with E-state index in [-0.39, 0.29) is 0 Å². The second kappa shape index (κ2) is 6.02. The standard InChI is InChI=1S/C18H16N2/c1-3-8-15(9-4-1)14-20-18-17(12-7-13-19-18)16-10-5-2-6-11-16/h1-13H,14H2,(H,19,20). The molecule has 2 aromatic carbocycles. The molecule has 0 aliphatic carbocycles. The van der Waals surface area contributed by atoms with Crippen LogP contribution in [0.25, 0.3) is 11.1 Å². The van der Waals surface area contributed by atoms with E-state index in [2.05, 4.69) is 40.6 Å². The molecule has 0 aliphatic rings. The Hall–Kier alpha value is -2.61. The highest BCUT2D eigenvalue weighted by molar-refractivity contribution is 5.74. The van der Waals surface area contributed by atoms with Crippen molar-refractivity contribution < 1.29 is 0 Å². The summed E-state index contributed by atoms with van der Waals surface area (Å²) in [5.74, 6) is 0.919. The van der Waals surface area contributed by atoms with E-state index in [1.54, 1.807) is 0 Å². The normalized spacial score (nSPS) is 10.2. The van der Waals surface area contributed by atoms with Gasteiger partial charge in [-0.3, -0.25) is 0 Å². The second-order valence-corrected chi connectivity index (χ2v) is 4.60. The Labute approximate surface area is 119 Å². The van der Waals surface area contributed by atoms with Crippen molar-refractivity contribution in [2.45, 2.75) is 6.54 Å². The summed E-state index contributed by atoms with van der Waals surface area (Å²) < 4.78 is 0. The summed E-state index contributed by atoms with van der Waals surface area (Å²) in [6.45, 7) is 0.775. The minimum Gasteiger partial charge on any atom is -0.365 e. The molecule has 2 heteroatoms. The molecule has 0 saturated carbocycles. The van der Waals surface area contributed by atoms with Crippen molar-refractivity contribution in [2.24, 2.45) is 0 Å². The molecule has 1 heterocycles. The fourth-order valence-corrected chi connectivity index (χ4v) is 2.18. The topological polar surface area (TPSA) is 24.9 Å². The maximum atomic E-state index is 4.46. The van der Waals surface area contributed by atoms with Gasteiger partial charge in [0.1, 0.15) is 5.82 Å². The molecule has 0 fully saturated rings. The summed E-state index contributed by atoms with van der Waals surface area (Å²) in [5.41, 5.74) is 3.55. The molecule has 0 saturated heterocycles. The van der Waals surface area contributed by atoms with Crippen molar-refractivity contribution >= 4 is 5.82 Å². The number of nitrogens with zero attached hydrogens (tertiary/aromatic N) is 1. The van der Waals surface area contributed by atoms with Crippen molar-refractivity contribution in [1.82, 2.24) is 4.98 Å². The van der Waals surface area contributed by atoms with Crippen LogP contribution in [-0.2, 0) is 6.54 Å². The lowest BCUT2D eigenvalue weighted by Gasteiger charge is -2.11. The summed E-state index contributed by atoms with van der Waals surface area (Å²) in [4.78, 5) is 4.46. The van der Waals surface area contributed by atoms with E-state index in [0.29, 0.717) is 0 Å². The van der Waals surface area contributed by atoms with Gasteiger partial charge in [-0.1, -0.05) is 60.7 Å². The number of aromatic nitrogens is 1. The van der Waals surface area contributed by atoms with Crippen LogP contribution in [0.4, 0.5) is 5.82 Å².